The largest absolute Gasteiger partial charge is 0.508 e. The number of rotatable bonds is 1. The Balaban J connectivity index is 2.14. The number of benzene rings is 1. The summed E-state index contributed by atoms with van der Waals surface area (Å²) in [5.74, 6) is 1.38. The van der Waals surface area contributed by atoms with Crippen molar-refractivity contribution in [3.63, 3.8) is 0 Å². The molecule has 2 heterocycles. The molecule has 0 radical (unpaired) electrons. The highest BCUT2D eigenvalue weighted by atomic mass is 16.3. The van der Waals surface area contributed by atoms with Crippen molar-refractivity contribution in [3.05, 3.63) is 36.4 Å². The summed E-state index contributed by atoms with van der Waals surface area (Å²) in [6.07, 6.45) is 0. The van der Waals surface area contributed by atoms with Gasteiger partial charge in [-0.15, -0.1) is 0 Å². The summed E-state index contributed by atoms with van der Waals surface area (Å²) >= 11 is 0. The number of aromatic nitrogens is 3. The maximum Gasteiger partial charge on any atom is 0.180 e. The van der Waals surface area contributed by atoms with E-state index in [0.29, 0.717) is 17.3 Å². The van der Waals surface area contributed by atoms with Crippen LogP contribution in [0.3, 0.4) is 0 Å². The molecule has 0 bridgehead atoms. The van der Waals surface area contributed by atoms with Gasteiger partial charge in [0.2, 0.25) is 0 Å². The molecule has 0 aliphatic heterocycles. The molecule has 17 heavy (non-hydrogen) atoms. The van der Waals surface area contributed by atoms with Gasteiger partial charge in [-0.3, -0.25) is 0 Å². The summed E-state index contributed by atoms with van der Waals surface area (Å²) in [6, 6.07) is 10.4. The van der Waals surface area contributed by atoms with E-state index in [9.17, 15) is 5.11 Å². The number of anilines is 1. The maximum absolute atomic E-state index is 9.22. The van der Waals surface area contributed by atoms with Crippen LogP contribution in [-0.2, 0) is 0 Å². The molecule has 0 unspecified atom stereocenters. The van der Waals surface area contributed by atoms with E-state index in [4.69, 9.17) is 5.73 Å². The van der Waals surface area contributed by atoms with Gasteiger partial charge >= 0.3 is 0 Å². The monoisotopic (exact) mass is 226 g/mol. The fraction of sp³-hybridized carbons (Fsp3) is 0. The lowest BCUT2D eigenvalue weighted by atomic mass is 10.2. The van der Waals surface area contributed by atoms with Crippen LogP contribution in [0.4, 0.5) is 5.82 Å². The topological polar surface area (TPSA) is 87.8 Å². The fourth-order valence-electron chi connectivity index (χ4n) is 1.66. The first-order valence-electron chi connectivity index (χ1n) is 5.14. The number of nitrogens with one attached hydrogen (secondary N) is 1. The lowest BCUT2D eigenvalue weighted by Gasteiger charge is -1.95. The standard InChI is InChI=1S/C12H10N4O/c13-10-6-5-9-12(15-10)16-11(14-9)7-1-3-8(17)4-2-7/h1-6,17H,(H3,13,14,15,16). The Bertz CT molecular complexity index is 673. The Labute approximate surface area is 97.0 Å². The molecule has 1 aromatic carbocycles. The normalized spacial score (nSPS) is 10.8. The molecule has 0 fully saturated rings. The van der Waals surface area contributed by atoms with Crippen LogP contribution in [-0.4, -0.2) is 20.1 Å². The number of aromatic amines is 1. The Kier molecular flexibility index (Phi) is 1.98. The van der Waals surface area contributed by atoms with Gasteiger partial charge in [0.15, 0.2) is 5.65 Å². The zero-order valence-corrected chi connectivity index (χ0v) is 8.88. The predicted octanol–water partition coefficient (Wildman–Crippen LogP) is 1.91. The number of pyridine rings is 1. The molecule has 0 amide bonds. The molecule has 5 nitrogen and oxygen atoms in total. The summed E-state index contributed by atoms with van der Waals surface area (Å²) in [5, 5.41) is 9.22. The molecule has 84 valence electrons. The van der Waals surface area contributed by atoms with Gasteiger partial charge in [-0.1, -0.05) is 0 Å². The molecule has 3 aromatic rings. The average molecular weight is 226 g/mol. The Hall–Kier alpha value is -2.56. The van der Waals surface area contributed by atoms with Crippen LogP contribution < -0.4 is 5.73 Å². The molecule has 0 atom stereocenters. The number of aromatic hydroxyl groups is 1. The first-order chi connectivity index (χ1) is 8.22. The lowest BCUT2D eigenvalue weighted by molar-refractivity contribution is 0.475. The number of imidazole rings is 1. The Morgan fingerprint density at radius 2 is 1.76 bits per heavy atom. The zero-order chi connectivity index (χ0) is 11.8. The summed E-state index contributed by atoms with van der Waals surface area (Å²) < 4.78 is 0. The fourth-order valence-corrected chi connectivity index (χ4v) is 1.66. The summed E-state index contributed by atoms with van der Waals surface area (Å²) in [6.45, 7) is 0. The van der Waals surface area contributed by atoms with E-state index in [1.54, 1.807) is 30.3 Å². The van der Waals surface area contributed by atoms with Crippen LogP contribution in [0.15, 0.2) is 36.4 Å². The van der Waals surface area contributed by atoms with Gasteiger partial charge in [-0.25, -0.2) is 9.97 Å². The van der Waals surface area contributed by atoms with Crippen molar-refractivity contribution < 1.29 is 5.11 Å². The Morgan fingerprint density at radius 1 is 1.00 bits per heavy atom. The first kappa shape index (κ1) is 9.65. The van der Waals surface area contributed by atoms with E-state index in [-0.39, 0.29) is 5.75 Å². The number of fused-ring (bicyclic) bond motifs is 1. The van der Waals surface area contributed by atoms with Gasteiger partial charge in [0.25, 0.3) is 0 Å². The van der Waals surface area contributed by atoms with Crippen molar-refractivity contribution in [1.29, 1.82) is 0 Å². The molecule has 5 heteroatoms. The van der Waals surface area contributed by atoms with Gasteiger partial charge < -0.3 is 15.8 Å². The lowest BCUT2D eigenvalue weighted by Crippen LogP contribution is -1.88. The molecular formula is C12H10N4O. The van der Waals surface area contributed by atoms with E-state index in [1.165, 1.54) is 0 Å². The zero-order valence-electron chi connectivity index (χ0n) is 8.88. The van der Waals surface area contributed by atoms with Crippen LogP contribution >= 0.6 is 0 Å². The highest BCUT2D eigenvalue weighted by Gasteiger charge is 2.06. The third-order valence-corrected chi connectivity index (χ3v) is 2.51. The van der Waals surface area contributed by atoms with E-state index >= 15 is 0 Å². The molecule has 0 aliphatic rings. The SMILES string of the molecule is Nc1ccc2[nH]c(-c3ccc(O)cc3)nc2n1. The second-order valence-electron chi connectivity index (χ2n) is 3.74. The third-order valence-electron chi connectivity index (χ3n) is 2.51. The van der Waals surface area contributed by atoms with Gasteiger partial charge in [0, 0.05) is 5.56 Å². The van der Waals surface area contributed by atoms with Crippen LogP contribution in [0.5, 0.6) is 5.75 Å². The highest BCUT2D eigenvalue weighted by Crippen LogP contribution is 2.21. The Morgan fingerprint density at radius 3 is 2.53 bits per heavy atom. The maximum atomic E-state index is 9.22. The number of H-pyrrole nitrogens is 1. The van der Waals surface area contributed by atoms with Crippen LogP contribution in [0, 0.1) is 0 Å². The predicted molar refractivity (Wildman–Crippen MR) is 65.4 cm³/mol. The van der Waals surface area contributed by atoms with Gasteiger partial charge in [0.1, 0.15) is 17.4 Å². The summed E-state index contributed by atoms with van der Waals surface area (Å²) in [4.78, 5) is 11.6. The van der Waals surface area contributed by atoms with E-state index in [2.05, 4.69) is 15.0 Å². The quantitative estimate of drug-likeness (QED) is 0.591. The molecule has 4 N–H and O–H groups in total. The van der Waals surface area contributed by atoms with Gasteiger partial charge in [-0.2, -0.15) is 0 Å². The number of hydrogen-bond acceptors (Lipinski definition) is 4. The van der Waals surface area contributed by atoms with E-state index in [1.807, 2.05) is 6.07 Å². The molecule has 3 rings (SSSR count). The molecular weight excluding hydrogens is 216 g/mol. The van der Waals surface area contributed by atoms with Crippen LogP contribution in [0.25, 0.3) is 22.6 Å². The van der Waals surface area contributed by atoms with Crippen molar-refractivity contribution in [2.45, 2.75) is 0 Å². The average Bonchev–Trinajstić information content (AvgIpc) is 2.72. The van der Waals surface area contributed by atoms with Gasteiger partial charge in [-0.05, 0) is 36.4 Å². The second kappa shape index (κ2) is 3.48. The number of hydrogen-bond donors (Lipinski definition) is 3. The number of nitrogens with two attached hydrogens (primary N) is 1. The molecule has 2 aromatic heterocycles. The minimum atomic E-state index is 0.229. The minimum Gasteiger partial charge on any atom is -0.508 e. The van der Waals surface area contributed by atoms with Gasteiger partial charge in [0.05, 0.1) is 5.52 Å². The number of phenols is 1. The third kappa shape index (κ3) is 1.67. The summed E-state index contributed by atoms with van der Waals surface area (Å²) in [5.41, 5.74) is 7.91. The van der Waals surface area contributed by atoms with Crippen molar-refractivity contribution in [2.24, 2.45) is 0 Å². The van der Waals surface area contributed by atoms with Crippen molar-refractivity contribution in [3.8, 4) is 17.1 Å². The molecule has 0 saturated carbocycles. The second-order valence-corrected chi connectivity index (χ2v) is 3.74. The van der Waals surface area contributed by atoms with Crippen molar-refractivity contribution in [1.82, 2.24) is 15.0 Å². The van der Waals surface area contributed by atoms with E-state index in [0.717, 1.165) is 11.1 Å². The smallest absolute Gasteiger partial charge is 0.180 e. The number of phenolic OH excluding ortho intramolecular Hbond substituents is 1. The van der Waals surface area contributed by atoms with Crippen molar-refractivity contribution in [2.75, 3.05) is 5.73 Å². The molecule has 0 saturated heterocycles. The van der Waals surface area contributed by atoms with Crippen LogP contribution in [0.2, 0.25) is 0 Å². The minimum absolute atomic E-state index is 0.229. The first-order valence-corrected chi connectivity index (χ1v) is 5.14. The van der Waals surface area contributed by atoms with Crippen molar-refractivity contribution >= 4 is 17.0 Å². The molecule has 0 aliphatic carbocycles. The van der Waals surface area contributed by atoms with E-state index < -0.39 is 0 Å². The number of nitrogens with zero attached hydrogens (tertiary/aromatic N) is 2. The number of nitrogen functional groups attached to an aromatic ring is 1. The summed E-state index contributed by atoms with van der Waals surface area (Å²) in [7, 11) is 0. The highest BCUT2D eigenvalue weighted by molar-refractivity contribution is 5.77. The van der Waals surface area contributed by atoms with Crippen LogP contribution in [0.1, 0.15) is 0 Å². The molecule has 0 spiro atoms.